The monoisotopic (exact) mass is 326 g/mol. The van der Waals surface area contributed by atoms with Gasteiger partial charge in [-0.25, -0.2) is 4.79 Å². The van der Waals surface area contributed by atoms with Crippen LogP contribution in [0.4, 0.5) is 0 Å². The van der Waals surface area contributed by atoms with E-state index >= 15 is 0 Å². The molecule has 0 aromatic heterocycles. The SMILES string of the molecule is CCOC(=O)C(c1ccccc1OC(=O)c1ccccc1)C(C)C. The molecular formula is C20H22O4. The molecule has 126 valence electrons. The van der Waals surface area contributed by atoms with Crippen molar-refractivity contribution in [3.05, 3.63) is 65.7 Å². The van der Waals surface area contributed by atoms with Gasteiger partial charge in [-0.15, -0.1) is 0 Å². The van der Waals surface area contributed by atoms with E-state index < -0.39 is 11.9 Å². The average molecular weight is 326 g/mol. The second-order valence-electron chi connectivity index (χ2n) is 5.77. The van der Waals surface area contributed by atoms with Gasteiger partial charge in [-0.3, -0.25) is 4.79 Å². The van der Waals surface area contributed by atoms with Crippen molar-refractivity contribution in [1.29, 1.82) is 0 Å². The molecular weight excluding hydrogens is 304 g/mol. The van der Waals surface area contributed by atoms with Crippen molar-refractivity contribution in [3.8, 4) is 5.75 Å². The number of benzene rings is 2. The highest BCUT2D eigenvalue weighted by atomic mass is 16.5. The molecule has 0 spiro atoms. The van der Waals surface area contributed by atoms with E-state index in [-0.39, 0.29) is 11.9 Å². The highest BCUT2D eigenvalue weighted by Crippen LogP contribution is 2.33. The van der Waals surface area contributed by atoms with Crippen molar-refractivity contribution in [2.24, 2.45) is 5.92 Å². The smallest absolute Gasteiger partial charge is 0.343 e. The first kappa shape index (κ1) is 17.7. The molecule has 0 saturated carbocycles. The molecule has 2 aromatic rings. The molecule has 0 aliphatic rings. The molecule has 0 fully saturated rings. The van der Waals surface area contributed by atoms with Crippen LogP contribution in [0.3, 0.4) is 0 Å². The zero-order chi connectivity index (χ0) is 17.5. The summed E-state index contributed by atoms with van der Waals surface area (Å²) in [6.45, 7) is 5.97. The van der Waals surface area contributed by atoms with E-state index in [1.165, 1.54) is 0 Å². The Balaban J connectivity index is 2.32. The Morgan fingerprint density at radius 2 is 1.58 bits per heavy atom. The predicted molar refractivity (Wildman–Crippen MR) is 92.1 cm³/mol. The minimum absolute atomic E-state index is 0.0145. The third-order valence-corrected chi connectivity index (χ3v) is 3.67. The number of carbonyl (C=O) groups is 2. The second-order valence-corrected chi connectivity index (χ2v) is 5.77. The van der Waals surface area contributed by atoms with Crippen LogP contribution in [-0.2, 0) is 9.53 Å². The van der Waals surface area contributed by atoms with Crippen molar-refractivity contribution in [1.82, 2.24) is 0 Å². The van der Waals surface area contributed by atoms with E-state index in [2.05, 4.69) is 0 Å². The van der Waals surface area contributed by atoms with Crippen LogP contribution in [0.2, 0.25) is 0 Å². The van der Waals surface area contributed by atoms with Crippen LogP contribution in [0.15, 0.2) is 54.6 Å². The van der Waals surface area contributed by atoms with Crippen LogP contribution in [0.1, 0.15) is 42.6 Å². The van der Waals surface area contributed by atoms with Gasteiger partial charge in [-0.05, 0) is 31.0 Å². The first-order valence-electron chi connectivity index (χ1n) is 8.07. The molecule has 0 saturated heterocycles. The maximum atomic E-state index is 12.3. The lowest BCUT2D eigenvalue weighted by Gasteiger charge is -2.21. The Kier molecular flexibility index (Phi) is 6.13. The van der Waals surface area contributed by atoms with Crippen LogP contribution in [0.5, 0.6) is 5.75 Å². The van der Waals surface area contributed by atoms with E-state index in [0.717, 1.165) is 0 Å². The van der Waals surface area contributed by atoms with Crippen LogP contribution in [0.25, 0.3) is 0 Å². The summed E-state index contributed by atoms with van der Waals surface area (Å²) in [6.07, 6.45) is 0. The molecule has 24 heavy (non-hydrogen) atoms. The van der Waals surface area contributed by atoms with E-state index in [9.17, 15) is 9.59 Å². The van der Waals surface area contributed by atoms with Crippen molar-refractivity contribution in [2.75, 3.05) is 6.61 Å². The van der Waals surface area contributed by atoms with E-state index in [0.29, 0.717) is 23.5 Å². The topological polar surface area (TPSA) is 52.6 Å². The van der Waals surface area contributed by atoms with Gasteiger partial charge in [0.1, 0.15) is 5.75 Å². The summed E-state index contributed by atoms with van der Waals surface area (Å²) < 4.78 is 10.7. The summed E-state index contributed by atoms with van der Waals surface area (Å²) in [6, 6.07) is 15.9. The van der Waals surface area contributed by atoms with Gasteiger partial charge < -0.3 is 9.47 Å². The average Bonchev–Trinajstić information content (AvgIpc) is 2.57. The highest BCUT2D eigenvalue weighted by Gasteiger charge is 2.29. The lowest BCUT2D eigenvalue weighted by molar-refractivity contribution is -0.146. The summed E-state index contributed by atoms with van der Waals surface area (Å²) in [5.74, 6) is -0.839. The quantitative estimate of drug-likeness (QED) is 0.589. The Hall–Kier alpha value is -2.62. The lowest BCUT2D eigenvalue weighted by Crippen LogP contribution is -2.22. The zero-order valence-electron chi connectivity index (χ0n) is 14.2. The summed E-state index contributed by atoms with van der Waals surface area (Å²) >= 11 is 0. The van der Waals surface area contributed by atoms with Gasteiger partial charge in [0, 0.05) is 5.56 Å². The molecule has 0 radical (unpaired) electrons. The van der Waals surface area contributed by atoms with Crippen LogP contribution < -0.4 is 4.74 Å². The summed E-state index contributed by atoms with van der Waals surface area (Å²) in [4.78, 5) is 24.6. The van der Waals surface area contributed by atoms with Crippen molar-refractivity contribution < 1.29 is 19.1 Å². The molecule has 0 heterocycles. The first-order valence-corrected chi connectivity index (χ1v) is 8.07. The van der Waals surface area contributed by atoms with Gasteiger partial charge in [0.2, 0.25) is 0 Å². The highest BCUT2D eigenvalue weighted by molar-refractivity contribution is 5.91. The standard InChI is InChI=1S/C20H22O4/c1-4-23-20(22)18(14(2)3)16-12-8-9-13-17(16)24-19(21)15-10-6-5-7-11-15/h5-14,18H,4H2,1-3H3. The summed E-state index contributed by atoms with van der Waals surface area (Å²) in [5.41, 5.74) is 1.12. The Labute approximate surface area is 142 Å². The summed E-state index contributed by atoms with van der Waals surface area (Å²) in [7, 11) is 0. The normalized spacial score (nSPS) is 11.8. The van der Waals surface area contributed by atoms with Crippen molar-refractivity contribution in [2.45, 2.75) is 26.7 Å². The van der Waals surface area contributed by atoms with E-state index in [1.54, 1.807) is 49.4 Å². The zero-order valence-corrected chi connectivity index (χ0v) is 14.2. The van der Waals surface area contributed by atoms with Crippen LogP contribution in [-0.4, -0.2) is 18.5 Å². The van der Waals surface area contributed by atoms with E-state index in [1.807, 2.05) is 26.0 Å². The van der Waals surface area contributed by atoms with Gasteiger partial charge in [-0.2, -0.15) is 0 Å². The third-order valence-electron chi connectivity index (χ3n) is 3.67. The number of esters is 2. The van der Waals surface area contributed by atoms with Gasteiger partial charge in [0.25, 0.3) is 0 Å². The molecule has 0 aliphatic heterocycles. The Morgan fingerprint density at radius 3 is 2.21 bits per heavy atom. The predicted octanol–water partition coefficient (Wildman–Crippen LogP) is 4.21. The molecule has 0 bridgehead atoms. The number of para-hydroxylation sites is 1. The van der Waals surface area contributed by atoms with Crippen molar-refractivity contribution >= 4 is 11.9 Å². The lowest BCUT2D eigenvalue weighted by atomic mass is 9.88. The molecule has 2 rings (SSSR count). The van der Waals surface area contributed by atoms with Gasteiger partial charge in [-0.1, -0.05) is 50.2 Å². The largest absolute Gasteiger partial charge is 0.466 e. The minimum Gasteiger partial charge on any atom is -0.466 e. The number of carbonyl (C=O) groups excluding carboxylic acids is 2. The summed E-state index contributed by atoms with van der Waals surface area (Å²) in [5, 5.41) is 0. The molecule has 4 heteroatoms. The fourth-order valence-electron chi connectivity index (χ4n) is 2.55. The molecule has 1 unspecified atom stereocenters. The Bertz CT molecular complexity index is 692. The van der Waals surface area contributed by atoms with E-state index in [4.69, 9.17) is 9.47 Å². The fourth-order valence-corrected chi connectivity index (χ4v) is 2.55. The number of ether oxygens (including phenoxy) is 2. The van der Waals surface area contributed by atoms with Gasteiger partial charge in [0.15, 0.2) is 0 Å². The first-order chi connectivity index (χ1) is 11.5. The molecule has 1 atom stereocenters. The molecule has 4 nitrogen and oxygen atoms in total. The van der Waals surface area contributed by atoms with Crippen LogP contribution >= 0.6 is 0 Å². The van der Waals surface area contributed by atoms with Crippen molar-refractivity contribution in [3.63, 3.8) is 0 Å². The Morgan fingerprint density at radius 1 is 0.958 bits per heavy atom. The molecule has 0 amide bonds. The number of hydrogen-bond acceptors (Lipinski definition) is 4. The molecule has 0 N–H and O–H groups in total. The molecule has 2 aromatic carbocycles. The second kappa shape index (κ2) is 8.29. The maximum absolute atomic E-state index is 12.3. The third kappa shape index (κ3) is 4.22. The van der Waals surface area contributed by atoms with Gasteiger partial charge in [0.05, 0.1) is 18.1 Å². The van der Waals surface area contributed by atoms with Gasteiger partial charge >= 0.3 is 11.9 Å². The fraction of sp³-hybridized carbons (Fsp3) is 0.300. The molecule has 0 aliphatic carbocycles. The maximum Gasteiger partial charge on any atom is 0.343 e. The number of rotatable bonds is 6. The number of hydrogen-bond donors (Lipinski definition) is 0. The minimum atomic E-state index is -0.482. The van der Waals surface area contributed by atoms with Crippen LogP contribution in [0, 0.1) is 5.92 Å².